The molecule has 2 saturated heterocycles. The van der Waals surface area contributed by atoms with Crippen LogP contribution >= 0.6 is 0 Å². The molecule has 0 radical (unpaired) electrons. The molecule has 2 heterocycles. The van der Waals surface area contributed by atoms with Crippen LogP contribution < -0.4 is 0 Å². The molecule has 0 unspecified atom stereocenters. The maximum Gasteiger partial charge on any atom is 0.187 e. The molecule has 200 valence electrons. The first-order chi connectivity index (χ1) is 16.0. The van der Waals surface area contributed by atoms with Gasteiger partial charge in [0.1, 0.15) is 73.2 Å². The normalized spacial score (nSPS) is 42.6. The summed E-state index contributed by atoms with van der Waals surface area (Å²) >= 11 is 0. The third-order valence-electron chi connectivity index (χ3n) is 5.63. The summed E-state index contributed by atoms with van der Waals surface area (Å²) in [6.07, 6.45) is -25.1. The van der Waals surface area contributed by atoms with Crippen molar-refractivity contribution in [2.45, 2.75) is 85.8 Å². The van der Waals surface area contributed by atoms with Crippen LogP contribution in [0.5, 0.6) is 0 Å². The van der Waals surface area contributed by atoms with Gasteiger partial charge in [0.2, 0.25) is 0 Å². The van der Waals surface area contributed by atoms with E-state index in [0.29, 0.717) is 0 Å². The standard InChI is InChI=1S/C18H32O16/c19-1-5(22)9(24)16(6(23)2-20)34-18-15(30)13(28)11(26)8(33-18)4-31-17-14(29)12(27)10(25)7(3-21)32-17/h1,5-18,20-30H,2-4H2/t5-,6-,7-,8-,9-,10+,11-,12+,13+,14-,15+,16-,17+,18+/m1/s1. The van der Waals surface area contributed by atoms with Gasteiger partial charge >= 0.3 is 0 Å². The predicted molar refractivity (Wildman–Crippen MR) is 102 cm³/mol. The smallest absolute Gasteiger partial charge is 0.187 e. The first-order valence-corrected chi connectivity index (χ1v) is 10.4. The zero-order valence-electron chi connectivity index (χ0n) is 17.7. The Kier molecular flexibility index (Phi) is 11.1. The number of carbonyl (C=O) groups is 1. The van der Waals surface area contributed by atoms with Crippen LogP contribution in [0.15, 0.2) is 0 Å². The van der Waals surface area contributed by atoms with Crippen LogP contribution in [0.2, 0.25) is 0 Å². The average molecular weight is 504 g/mol. The molecule has 0 aromatic heterocycles. The Balaban J connectivity index is 2.10. The molecule has 16 heteroatoms. The van der Waals surface area contributed by atoms with Crippen molar-refractivity contribution in [2.75, 3.05) is 19.8 Å². The van der Waals surface area contributed by atoms with Crippen LogP contribution in [0.3, 0.4) is 0 Å². The first-order valence-electron chi connectivity index (χ1n) is 10.4. The quantitative estimate of drug-likeness (QED) is 0.117. The van der Waals surface area contributed by atoms with Crippen molar-refractivity contribution in [1.29, 1.82) is 0 Å². The average Bonchev–Trinajstić information content (AvgIpc) is 2.84. The second-order valence-corrected chi connectivity index (χ2v) is 8.01. The fourth-order valence-corrected chi connectivity index (χ4v) is 3.49. The summed E-state index contributed by atoms with van der Waals surface area (Å²) < 4.78 is 20.9. The Hall–Kier alpha value is -0.930. The van der Waals surface area contributed by atoms with Crippen molar-refractivity contribution in [2.24, 2.45) is 0 Å². The van der Waals surface area contributed by atoms with Crippen LogP contribution in [0.4, 0.5) is 0 Å². The second kappa shape index (κ2) is 12.9. The monoisotopic (exact) mass is 504 g/mol. The lowest BCUT2D eigenvalue weighted by Crippen LogP contribution is -2.63. The summed E-state index contributed by atoms with van der Waals surface area (Å²) in [6, 6.07) is 0. The number of hydrogen-bond acceptors (Lipinski definition) is 16. The van der Waals surface area contributed by atoms with Gasteiger partial charge in [0.15, 0.2) is 18.9 Å². The highest BCUT2D eigenvalue weighted by Gasteiger charge is 2.49. The minimum absolute atomic E-state index is 0.0704. The molecular formula is C18H32O16. The number of ether oxygens (including phenoxy) is 4. The Morgan fingerprint density at radius 2 is 1.29 bits per heavy atom. The summed E-state index contributed by atoms with van der Waals surface area (Å²) in [5.41, 5.74) is 0. The van der Waals surface area contributed by atoms with Gasteiger partial charge in [-0.05, 0) is 0 Å². The van der Waals surface area contributed by atoms with Crippen LogP contribution in [0.25, 0.3) is 0 Å². The molecule has 2 aliphatic rings. The molecular weight excluding hydrogens is 472 g/mol. The molecule has 34 heavy (non-hydrogen) atoms. The van der Waals surface area contributed by atoms with Gasteiger partial charge in [0, 0.05) is 0 Å². The lowest BCUT2D eigenvalue weighted by Gasteiger charge is -2.43. The van der Waals surface area contributed by atoms with E-state index >= 15 is 0 Å². The van der Waals surface area contributed by atoms with Crippen molar-refractivity contribution in [1.82, 2.24) is 0 Å². The number of aliphatic hydroxyl groups excluding tert-OH is 11. The predicted octanol–water partition coefficient (Wildman–Crippen LogP) is -7.73. The summed E-state index contributed by atoms with van der Waals surface area (Å²) in [4.78, 5) is 10.8. The number of hydrogen-bond donors (Lipinski definition) is 11. The summed E-state index contributed by atoms with van der Waals surface area (Å²) in [7, 11) is 0. The van der Waals surface area contributed by atoms with E-state index in [1.807, 2.05) is 0 Å². The Bertz CT molecular complexity index is 623. The number of rotatable bonds is 11. The fourth-order valence-electron chi connectivity index (χ4n) is 3.49. The zero-order valence-corrected chi connectivity index (χ0v) is 17.7. The first kappa shape index (κ1) is 29.3. The molecule has 16 nitrogen and oxygen atoms in total. The molecule has 0 aliphatic carbocycles. The van der Waals surface area contributed by atoms with Crippen molar-refractivity contribution in [3.63, 3.8) is 0 Å². The third-order valence-corrected chi connectivity index (χ3v) is 5.63. The molecule has 0 bridgehead atoms. The maximum atomic E-state index is 10.8. The van der Waals surface area contributed by atoms with E-state index in [0.717, 1.165) is 0 Å². The molecule has 11 N–H and O–H groups in total. The van der Waals surface area contributed by atoms with E-state index in [2.05, 4.69) is 0 Å². The molecule has 2 rings (SSSR count). The largest absolute Gasteiger partial charge is 0.394 e. The molecule has 2 fully saturated rings. The van der Waals surface area contributed by atoms with Crippen molar-refractivity contribution in [3.8, 4) is 0 Å². The number of aliphatic hydroxyl groups is 11. The lowest BCUT2D eigenvalue weighted by atomic mass is 9.98. The van der Waals surface area contributed by atoms with E-state index in [1.54, 1.807) is 0 Å². The van der Waals surface area contributed by atoms with Gasteiger partial charge in [-0.25, -0.2) is 0 Å². The highest BCUT2D eigenvalue weighted by Crippen LogP contribution is 2.27. The van der Waals surface area contributed by atoms with Crippen LogP contribution in [0.1, 0.15) is 0 Å². The molecule has 0 aromatic carbocycles. The van der Waals surface area contributed by atoms with Gasteiger partial charge in [-0.3, -0.25) is 0 Å². The summed E-state index contributed by atoms with van der Waals surface area (Å²) in [5, 5.41) is 108. The molecule has 0 amide bonds. The Morgan fingerprint density at radius 1 is 0.765 bits per heavy atom. The van der Waals surface area contributed by atoms with Crippen LogP contribution in [0, 0.1) is 0 Å². The minimum atomic E-state index is -2.08. The van der Waals surface area contributed by atoms with Gasteiger partial charge in [-0.2, -0.15) is 0 Å². The number of aldehydes is 1. The third kappa shape index (κ3) is 6.44. The van der Waals surface area contributed by atoms with Gasteiger partial charge < -0.3 is 79.9 Å². The van der Waals surface area contributed by atoms with E-state index < -0.39 is 106 Å². The van der Waals surface area contributed by atoms with Crippen molar-refractivity contribution < 1.29 is 79.9 Å². The van der Waals surface area contributed by atoms with E-state index in [4.69, 9.17) is 24.1 Å². The van der Waals surface area contributed by atoms with E-state index in [-0.39, 0.29) is 6.29 Å². The van der Waals surface area contributed by atoms with Crippen LogP contribution in [-0.4, -0.2) is 168 Å². The summed E-state index contributed by atoms with van der Waals surface area (Å²) in [5.74, 6) is 0. The summed E-state index contributed by atoms with van der Waals surface area (Å²) in [6.45, 7) is -2.39. The zero-order chi connectivity index (χ0) is 25.7. The minimum Gasteiger partial charge on any atom is -0.394 e. The van der Waals surface area contributed by atoms with Gasteiger partial charge in [0.25, 0.3) is 0 Å². The number of carbonyl (C=O) groups excluding carboxylic acids is 1. The molecule has 0 saturated carbocycles. The molecule has 0 spiro atoms. The molecule has 2 aliphatic heterocycles. The topological polar surface area (TPSA) is 277 Å². The Morgan fingerprint density at radius 3 is 1.82 bits per heavy atom. The fraction of sp³-hybridized carbons (Fsp3) is 0.944. The van der Waals surface area contributed by atoms with Crippen molar-refractivity contribution in [3.05, 3.63) is 0 Å². The molecule has 0 aromatic rings. The van der Waals surface area contributed by atoms with Gasteiger partial charge in [-0.15, -0.1) is 0 Å². The van der Waals surface area contributed by atoms with E-state index in [1.165, 1.54) is 0 Å². The van der Waals surface area contributed by atoms with Gasteiger partial charge in [-0.1, -0.05) is 0 Å². The maximum absolute atomic E-state index is 10.8. The highest BCUT2D eigenvalue weighted by molar-refractivity contribution is 5.56. The second-order valence-electron chi connectivity index (χ2n) is 8.01. The molecule has 14 atom stereocenters. The van der Waals surface area contributed by atoms with Crippen LogP contribution in [-0.2, 0) is 23.7 Å². The van der Waals surface area contributed by atoms with Gasteiger partial charge in [0.05, 0.1) is 19.8 Å². The van der Waals surface area contributed by atoms with Crippen molar-refractivity contribution >= 4 is 6.29 Å². The van der Waals surface area contributed by atoms with E-state index in [9.17, 15) is 55.9 Å². The Labute approximate surface area is 192 Å². The highest BCUT2D eigenvalue weighted by atomic mass is 16.7. The SMILES string of the molecule is O=C[C@@H](O)[C@@H](O)[C@H](O[C@@H]1O[C@H](CO[C@H]2O[C@H](CO)[C@H](O)[C@H](O)[C@H]2O)[C@@H](O)[C@H](O)[C@@H]1O)[C@H](O)CO. The lowest BCUT2D eigenvalue weighted by molar-refractivity contribution is -0.343.